The van der Waals surface area contributed by atoms with E-state index in [9.17, 15) is 9.59 Å². The lowest BCUT2D eigenvalue weighted by Gasteiger charge is -2.30. The standard InChI is InChI=1S/C15H20N2O3/c1-17(13-5-7-14(18)8-6-13)10-12-4-3-11(9-16-12)15(19)20-2/h3-4,9,13H,5-8,10H2,1-2H3. The number of esters is 1. The number of ether oxygens (including phenoxy) is 1. The van der Waals surface area contributed by atoms with Crippen molar-refractivity contribution in [3.05, 3.63) is 29.6 Å². The van der Waals surface area contributed by atoms with Crippen molar-refractivity contribution in [3.8, 4) is 0 Å². The Balaban J connectivity index is 1.92. The average molecular weight is 276 g/mol. The highest BCUT2D eigenvalue weighted by atomic mass is 16.5. The van der Waals surface area contributed by atoms with Gasteiger partial charge < -0.3 is 4.74 Å². The molecular formula is C15H20N2O3. The van der Waals surface area contributed by atoms with Gasteiger partial charge in [0.15, 0.2) is 0 Å². The van der Waals surface area contributed by atoms with E-state index in [1.54, 1.807) is 12.3 Å². The van der Waals surface area contributed by atoms with Crippen LogP contribution in [-0.2, 0) is 16.1 Å². The average Bonchev–Trinajstić information content (AvgIpc) is 2.48. The van der Waals surface area contributed by atoms with Gasteiger partial charge in [-0.25, -0.2) is 4.79 Å². The number of ketones is 1. The molecule has 1 heterocycles. The molecule has 1 aromatic heterocycles. The maximum Gasteiger partial charge on any atom is 0.339 e. The zero-order valence-corrected chi connectivity index (χ0v) is 12.0. The Hall–Kier alpha value is -1.75. The van der Waals surface area contributed by atoms with E-state index in [1.165, 1.54) is 7.11 Å². The lowest BCUT2D eigenvalue weighted by molar-refractivity contribution is -0.121. The first kappa shape index (κ1) is 14.7. The summed E-state index contributed by atoms with van der Waals surface area (Å²) in [5, 5.41) is 0. The Morgan fingerprint density at radius 1 is 1.40 bits per heavy atom. The molecule has 1 saturated carbocycles. The van der Waals surface area contributed by atoms with Crippen LogP contribution in [0.3, 0.4) is 0 Å². The summed E-state index contributed by atoms with van der Waals surface area (Å²) in [4.78, 5) is 29.1. The number of aromatic nitrogens is 1. The van der Waals surface area contributed by atoms with Crippen LogP contribution in [0.15, 0.2) is 18.3 Å². The summed E-state index contributed by atoms with van der Waals surface area (Å²) < 4.78 is 4.64. The largest absolute Gasteiger partial charge is 0.465 e. The van der Waals surface area contributed by atoms with Gasteiger partial charge in [-0.1, -0.05) is 0 Å². The normalized spacial score (nSPS) is 16.4. The molecule has 108 valence electrons. The SMILES string of the molecule is COC(=O)c1ccc(CN(C)C2CCC(=O)CC2)nc1. The van der Waals surface area contributed by atoms with Crippen molar-refractivity contribution in [2.45, 2.75) is 38.3 Å². The molecule has 0 amide bonds. The summed E-state index contributed by atoms with van der Waals surface area (Å²) in [6.07, 6.45) is 4.76. The quantitative estimate of drug-likeness (QED) is 0.785. The molecule has 0 aliphatic heterocycles. The predicted octanol–water partition coefficient (Wildman–Crippen LogP) is 1.81. The fourth-order valence-corrected chi connectivity index (χ4v) is 2.51. The minimum Gasteiger partial charge on any atom is -0.465 e. The van der Waals surface area contributed by atoms with Crippen molar-refractivity contribution in [2.75, 3.05) is 14.2 Å². The second kappa shape index (κ2) is 6.61. The van der Waals surface area contributed by atoms with E-state index in [0.717, 1.165) is 25.1 Å². The van der Waals surface area contributed by atoms with Crippen LogP contribution in [0.1, 0.15) is 41.7 Å². The zero-order valence-electron chi connectivity index (χ0n) is 12.0. The third-order valence-corrected chi connectivity index (χ3v) is 3.79. The molecule has 1 fully saturated rings. The number of Topliss-reactive ketones (excluding diaryl/α,β-unsaturated/α-hetero) is 1. The van der Waals surface area contributed by atoms with Crippen LogP contribution < -0.4 is 0 Å². The summed E-state index contributed by atoms with van der Waals surface area (Å²) in [7, 11) is 3.41. The van der Waals surface area contributed by atoms with E-state index >= 15 is 0 Å². The number of hydrogen-bond acceptors (Lipinski definition) is 5. The number of methoxy groups -OCH3 is 1. The van der Waals surface area contributed by atoms with Crippen LogP contribution in [0.5, 0.6) is 0 Å². The molecule has 5 heteroatoms. The topological polar surface area (TPSA) is 59.5 Å². The molecule has 2 rings (SSSR count). The van der Waals surface area contributed by atoms with Gasteiger partial charge in [-0.15, -0.1) is 0 Å². The molecule has 0 radical (unpaired) electrons. The second-order valence-electron chi connectivity index (χ2n) is 5.21. The van der Waals surface area contributed by atoms with Crippen LogP contribution >= 0.6 is 0 Å². The van der Waals surface area contributed by atoms with E-state index in [1.807, 2.05) is 6.07 Å². The lowest BCUT2D eigenvalue weighted by atomic mass is 9.93. The molecule has 0 atom stereocenters. The highest BCUT2D eigenvalue weighted by Gasteiger charge is 2.22. The molecule has 1 aromatic rings. The van der Waals surface area contributed by atoms with E-state index in [2.05, 4.69) is 21.7 Å². The third-order valence-electron chi connectivity index (χ3n) is 3.79. The van der Waals surface area contributed by atoms with Crippen molar-refractivity contribution >= 4 is 11.8 Å². The van der Waals surface area contributed by atoms with Gasteiger partial charge in [-0.2, -0.15) is 0 Å². The van der Waals surface area contributed by atoms with Crippen LogP contribution in [0.4, 0.5) is 0 Å². The Kier molecular flexibility index (Phi) is 4.84. The number of hydrogen-bond donors (Lipinski definition) is 0. The van der Waals surface area contributed by atoms with E-state index < -0.39 is 0 Å². The maximum absolute atomic E-state index is 11.3. The van der Waals surface area contributed by atoms with Crippen molar-refractivity contribution in [1.29, 1.82) is 0 Å². The van der Waals surface area contributed by atoms with Crippen molar-refractivity contribution in [2.24, 2.45) is 0 Å². The molecule has 5 nitrogen and oxygen atoms in total. The van der Waals surface area contributed by atoms with Crippen LogP contribution in [0.2, 0.25) is 0 Å². The smallest absolute Gasteiger partial charge is 0.339 e. The maximum atomic E-state index is 11.3. The van der Waals surface area contributed by atoms with Crippen molar-refractivity contribution in [1.82, 2.24) is 9.88 Å². The second-order valence-corrected chi connectivity index (χ2v) is 5.21. The molecular weight excluding hydrogens is 256 g/mol. The van der Waals surface area contributed by atoms with Crippen molar-refractivity contribution in [3.63, 3.8) is 0 Å². The monoisotopic (exact) mass is 276 g/mol. The Morgan fingerprint density at radius 3 is 2.65 bits per heavy atom. The summed E-state index contributed by atoms with van der Waals surface area (Å²) in [5.41, 5.74) is 1.37. The Bertz CT molecular complexity index is 474. The van der Waals surface area contributed by atoms with Gasteiger partial charge in [-0.3, -0.25) is 14.7 Å². The highest BCUT2D eigenvalue weighted by Crippen LogP contribution is 2.20. The molecule has 0 saturated heterocycles. The first-order valence-corrected chi connectivity index (χ1v) is 6.85. The minimum absolute atomic E-state index is 0.371. The van der Waals surface area contributed by atoms with Gasteiger partial charge in [0, 0.05) is 31.6 Å². The van der Waals surface area contributed by atoms with Gasteiger partial charge in [-0.05, 0) is 32.0 Å². The molecule has 0 N–H and O–H groups in total. The number of nitrogens with zero attached hydrogens (tertiary/aromatic N) is 2. The number of rotatable bonds is 4. The zero-order chi connectivity index (χ0) is 14.5. The third kappa shape index (κ3) is 3.63. The fourth-order valence-electron chi connectivity index (χ4n) is 2.51. The fraction of sp³-hybridized carbons (Fsp3) is 0.533. The molecule has 1 aliphatic rings. The van der Waals surface area contributed by atoms with Crippen LogP contribution in [0, 0.1) is 0 Å². The first-order valence-electron chi connectivity index (χ1n) is 6.85. The molecule has 20 heavy (non-hydrogen) atoms. The predicted molar refractivity (Wildman–Crippen MR) is 74.3 cm³/mol. The number of carbonyl (C=O) groups is 2. The lowest BCUT2D eigenvalue weighted by Crippen LogP contribution is -2.35. The summed E-state index contributed by atoms with van der Waals surface area (Å²) in [6, 6.07) is 4.01. The van der Waals surface area contributed by atoms with Gasteiger partial charge in [0.2, 0.25) is 0 Å². The van der Waals surface area contributed by atoms with E-state index in [0.29, 0.717) is 30.2 Å². The van der Waals surface area contributed by atoms with E-state index in [4.69, 9.17) is 0 Å². The Morgan fingerprint density at radius 2 is 2.10 bits per heavy atom. The van der Waals surface area contributed by atoms with Gasteiger partial charge in [0.25, 0.3) is 0 Å². The van der Waals surface area contributed by atoms with Gasteiger partial charge in [0.1, 0.15) is 5.78 Å². The summed E-state index contributed by atoms with van der Waals surface area (Å²) >= 11 is 0. The number of carbonyl (C=O) groups excluding carboxylic acids is 2. The highest BCUT2D eigenvalue weighted by molar-refractivity contribution is 5.88. The number of pyridine rings is 1. The van der Waals surface area contributed by atoms with Crippen LogP contribution in [-0.4, -0.2) is 41.8 Å². The summed E-state index contributed by atoms with van der Waals surface area (Å²) in [5.74, 6) is -0.00148. The van der Waals surface area contributed by atoms with E-state index in [-0.39, 0.29) is 5.97 Å². The molecule has 0 unspecified atom stereocenters. The van der Waals surface area contributed by atoms with Gasteiger partial charge >= 0.3 is 5.97 Å². The molecule has 0 spiro atoms. The van der Waals surface area contributed by atoms with Crippen LogP contribution in [0.25, 0.3) is 0 Å². The molecule has 0 bridgehead atoms. The van der Waals surface area contributed by atoms with Crippen molar-refractivity contribution < 1.29 is 14.3 Å². The Labute approximate surface area is 118 Å². The summed E-state index contributed by atoms with van der Waals surface area (Å²) in [6.45, 7) is 0.723. The molecule has 1 aliphatic carbocycles. The van der Waals surface area contributed by atoms with Gasteiger partial charge in [0.05, 0.1) is 18.4 Å². The first-order chi connectivity index (χ1) is 9.60. The molecule has 0 aromatic carbocycles. The minimum atomic E-state index is -0.372.